The molecule has 1 aromatic heterocycles. The van der Waals surface area contributed by atoms with E-state index in [0.717, 1.165) is 11.4 Å². The van der Waals surface area contributed by atoms with E-state index in [1.165, 1.54) is 18.2 Å². The van der Waals surface area contributed by atoms with Gasteiger partial charge >= 0.3 is 0 Å². The molecule has 3 nitrogen and oxygen atoms in total. The molecule has 0 radical (unpaired) electrons. The maximum absolute atomic E-state index is 13.0. The highest BCUT2D eigenvalue weighted by molar-refractivity contribution is 9.10. The van der Waals surface area contributed by atoms with Crippen LogP contribution in [0.3, 0.4) is 0 Å². The Morgan fingerprint density at radius 3 is 2.75 bits per heavy atom. The molecule has 20 heavy (non-hydrogen) atoms. The van der Waals surface area contributed by atoms with Crippen molar-refractivity contribution in [3.63, 3.8) is 0 Å². The smallest absolute Gasteiger partial charge is 0.255 e. The third-order valence-electron chi connectivity index (χ3n) is 2.85. The van der Waals surface area contributed by atoms with Crippen LogP contribution in [0.2, 0.25) is 0 Å². The van der Waals surface area contributed by atoms with Crippen LogP contribution in [0.1, 0.15) is 21.7 Å². The Bertz CT molecular complexity index is 646. The van der Waals surface area contributed by atoms with Crippen LogP contribution in [-0.2, 0) is 6.54 Å². The van der Waals surface area contributed by atoms with Crippen molar-refractivity contribution in [3.8, 4) is 0 Å². The molecule has 0 unspecified atom stereocenters. The van der Waals surface area contributed by atoms with Crippen molar-refractivity contribution in [3.05, 3.63) is 63.6 Å². The molecule has 0 fully saturated rings. The van der Waals surface area contributed by atoms with Crippen LogP contribution in [0.5, 0.6) is 0 Å². The highest BCUT2D eigenvalue weighted by Crippen LogP contribution is 2.20. The average molecular weight is 337 g/mol. The normalized spacial score (nSPS) is 10.4. The van der Waals surface area contributed by atoms with E-state index in [2.05, 4.69) is 20.9 Å². The topological polar surface area (TPSA) is 33.2 Å². The van der Waals surface area contributed by atoms with Gasteiger partial charge in [-0.2, -0.15) is 0 Å². The fraction of sp³-hybridized carbons (Fsp3) is 0.200. The molecule has 1 amide bonds. The molecule has 0 atom stereocenters. The molecule has 0 aliphatic heterocycles. The van der Waals surface area contributed by atoms with Gasteiger partial charge in [-0.1, -0.05) is 6.07 Å². The van der Waals surface area contributed by atoms with Gasteiger partial charge in [0.25, 0.3) is 5.91 Å². The summed E-state index contributed by atoms with van der Waals surface area (Å²) in [7, 11) is 1.70. The van der Waals surface area contributed by atoms with Gasteiger partial charge in [0.05, 0.1) is 17.8 Å². The number of carbonyl (C=O) groups excluding carboxylic acids is 1. The lowest BCUT2D eigenvalue weighted by atomic mass is 10.2. The van der Waals surface area contributed by atoms with E-state index in [1.54, 1.807) is 11.9 Å². The summed E-state index contributed by atoms with van der Waals surface area (Å²) >= 11 is 3.21. The highest BCUT2D eigenvalue weighted by atomic mass is 79.9. The van der Waals surface area contributed by atoms with Gasteiger partial charge in [0.2, 0.25) is 0 Å². The minimum absolute atomic E-state index is 0.180. The Hall–Kier alpha value is -1.75. The second kappa shape index (κ2) is 6.13. The number of amides is 1. The van der Waals surface area contributed by atoms with Crippen molar-refractivity contribution < 1.29 is 9.18 Å². The summed E-state index contributed by atoms with van der Waals surface area (Å²) in [5, 5.41) is 0. The first-order valence-corrected chi connectivity index (χ1v) is 6.89. The Balaban J connectivity index is 2.16. The second-order valence-electron chi connectivity index (χ2n) is 4.56. The number of nitrogens with zero attached hydrogens (tertiary/aromatic N) is 2. The zero-order valence-corrected chi connectivity index (χ0v) is 12.8. The van der Waals surface area contributed by atoms with E-state index < -0.39 is 0 Å². The van der Waals surface area contributed by atoms with Crippen LogP contribution < -0.4 is 0 Å². The minimum Gasteiger partial charge on any atom is -0.336 e. The van der Waals surface area contributed by atoms with E-state index in [0.29, 0.717) is 16.6 Å². The number of halogens is 2. The molecule has 2 aromatic rings. The van der Waals surface area contributed by atoms with E-state index in [1.807, 2.05) is 25.1 Å². The molecule has 0 saturated carbocycles. The molecule has 5 heteroatoms. The van der Waals surface area contributed by atoms with E-state index in [9.17, 15) is 9.18 Å². The molecule has 0 saturated heterocycles. The Morgan fingerprint density at radius 2 is 2.10 bits per heavy atom. The van der Waals surface area contributed by atoms with Gasteiger partial charge < -0.3 is 4.90 Å². The molecule has 0 bridgehead atoms. The van der Waals surface area contributed by atoms with Crippen molar-refractivity contribution >= 4 is 21.8 Å². The zero-order valence-electron chi connectivity index (χ0n) is 11.2. The first-order chi connectivity index (χ1) is 9.47. The van der Waals surface area contributed by atoms with Gasteiger partial charge in [-0.25, -0.2) is 4.39 Å². The van der Waals surface area contributed by atoms with Crippen LogP contribution in [0.25, 0.3) is 0 Å². The van der Waals surface area contributed by atoms with Crippen LogP contribution in [0.15, 0.2) is 40.9 Å². The number of aromatic nitrogens is 1. The van der Waals surface area contributed by atoms with Gasteiger partial charge in [-0.15, -0.1) is 0 Å². The quantitative estimate of drug-likeness (QED) is 0.858. The molecule has 1 aromatic carbocycles. The lowest BCUT2D eigenvalue weighted by molar-refractivity contribution is 0.0782. The van der Waals surface area contributed by atoms with Gasteiger partial charge in [0, 0.05) is 17.2 Å². The summed E-state index contributed by atoms with van der Waals surface area (Å²) in [5.41, 5.74) is 2.16. The van der Waals surface area contributed by atoms with Crippen molar-refractivity contribution in [2.24, 2.45) is 0 Å². The number of aryl methyl sites for hydroxylation is 1. The van der Waals surface area contributed by atoms with Crippen molar-refractivity contribution in [2.75, 3.05) is 7.05 Å². The molecule has 0 aliphatic rings. The van der Waals surface area contributed by atoms with Crippen LogP contribution in [-0.4, -0.2) is 22.8 Å². The number of hydrogen-bond donors (Lipinski definition) is 0. The van der Waals surface area contributed by atoms with Crippen LogP contribution >= 0.6 is 15.9 Å². The number of pyridine rings is 1. The highest BCUT2D eigenvalue weighted by Gasteiger charge is 2.16. The van der Waals surface area contributed by atoms with E-state index in [-0.39, 0.29) is 11.7 Å². The molecular formula is C15H14BrFN2O. The summed E-state index contributed by atoms with van der Waals surface area (Å²) in [5.74, 6) is -0.559. The van der Waals surface area contributed by atoms with Gasteiger partial charge in [0.1, 0.15) is 5.82 Å². The maximum atomic E-state index is 13.0. The molecule has 0 spiro atoms. The summed E-state index contributed by atoms with van der Waals surface area (Å²) in [6.45, 7) is 2.31. The summed E-state index contributed by atoms with van der Waals surface area (Å²) in [6, 6.07) is 9.72. The summed E-state index contributed by atoms with van der Waals surface area (Å²) in [6.07, 6.45) is 0. The monoisotopic (exact) mass is 336 g/mol. The average Bonchev–Trinajstić information content (AvgIpc) is 2.38. The van der Waals surface area contributed by atoms with Crippen molar-refractivity contribution in [2.45, 2.75) is 13.5 Å². The second-order valence-corrected chi connectivity index (χ2v) is 5.41. The predicted molar refractivity (Wildman–Crippen MR) is 78.9 cm³/mol. The first kappa shape index (κ1) is 14.7. The standard InChI is InChI=1S/C15H14BrFN2O/c1-10-4-3-5-12(18-10)9-19(2)15(20)13-7-6-11(17)8-14(13)16/h3-8H,9H2,1-2H3. The molecule has 0 aliphatic carbocycles. The Morgan fingerprint density at radius 1 is 1.35 bits per heavy atom. The van der Waals surface area contributed by atoms with Gasteiger partial charge in [-0.05, 0) is 53.2 Å². The SMILES string of the molecule is Cc1cccc(CN(C)C(=O)c2ccc(F)cc2Br)n1. The fourth-order valence-electron chi connectivity index (χ4n) is 1.87. The third kappa shape index (κ3) is 3.42. The lowest BCUT2D eigenvalue weighted by Crippen LogP contribution is -2.27. The van der Waals surface area contributed by atoms with Crippen LogP contribution in [0, 0.1) is 12.7 Å². The molecular weight excluding hydrogens is 323 g/mol. The molecule has 104 valence electrons. The molecule has 2 rings (SSSR count). The number of rotatable bonds is 3. The number of hydrogen-bond acceptors (Lipinski definition) is 2. The van der Waals surface area contributed by atoms with Gasteiger partial charge in [-0.3, -0.25) is 9.78 Å². The Labute approximate surface area is 125 Å². The summed E-state index contributed by atoms with van der Waals surface area (Å²) in [4.78, 5) is 18.2. The largest absolute Gasteiger partial charge is 0.336 e. The number of benzene rings is 1. The molecule has 0 N–H and O–H groups in total. The summed E-state index contributed by atoms with van der Waals surface area (Å²) < 4.78 is 13.5. The van der Waals surface area contributed by atoms with Crippen LogP contribution in [0.4, 0.5) is 4.39 Å². The predicted octanol–water partition coefficient (Wildman–Crippen LogP) is 3.56. The van der Waals surface area contributed by atoms with Crippen molar-refractivity contribution in [1.29, 1.82) is 0 Å². The van der Waals surface area contributed by atoms with Crippen molar-refractivity contribution in [1.82, 2.24) is 9.88 Å². The minimum atomic E-state index is -0.378. The molecule has 1 heterocycles. The third-order valence-corrected chi connectivity index (χ3v) is 3.51. The van der Waals surface area contributed by atoms with E-state index >= 15 is 0 Å². The first-order valence-electron chi connectivity index (χ1n) is 6.10. The van der Waals surface area contributed by atoms with E-state index in [4.69, 9.17) is 0 Å². The number of carbonyl (C=O) groups is 1. The Kier molecular flexibility index (Phi) is 4.49. The van der Waals surface area contributed by atoms with Gasteiger partial charge in [0.15, 0.2) is 0 Å². The fourth-order valence-corrected chi connectivity index (χ4v) is 2.39. The lowest BCUT2D eigenvalue weighted by Gasteiger charge is -2.17. The zero-order chi connectivity index (χ0) is 14.7. The maximum Gasteiger partial charge on any atom is 0.255 e.